The summed E-state index contributed by atoms with van der Waals surface area (Å²) in [4.78, 5) is 12.1. The van der Waals surface area contributed by atoms with Gasteiger partial charge in [-0.15, -0.1) is 0 Å². The molecule has 0 saturated carbocycles. The lowest BCUT2D eigenvalue weighted by Gasteiger charge is -2.16. The maximum absolute atomic E-state index is 12.1. The van der Waals surface area contributed by atoms with E-state index in [-0.39, 0.29) is 11.9 Å². The van der Waals surface area contributed by atoms with E-state index >= 15 is 0 Å². The van der Waals surface area contributed by atoms with Gasteiger partial charge in [0.05, 0.1) is 6.61 Å². The second-order valence-electron chi connectivity index (χ2n) is 4.01. The first-order valence-corrected chi connectivity index (χ1v) is 6.09. The zero-order chi connectivity index (χ0) is 12.8. The van der Waals surface area contributed by atoms with Gasteiger partial charge in [-0.2, -0.15) is 0 Å². The lowest BCUT2D eigenvalue weighted by atomic mass is 9.91. The van der Waals surface area contributed by atoms with E-state index in [0.717, 1.165) is 11.1 Å². The Kier molecular flexibility index (Phi) is 4.13. The van der Waals surface area contributed by atoms with Crippen LogP contribution in [0.5, 0.6) is 0 Å². The molecule has 92 valence electrons. The number of carbonyl (C=O) groups excluding carboxylic acids is 1. The van der Waals surface area contributed by atoms with Crippen LogP contribution < -0.4 is 0 Å². The van der Waals surface area contributed by atoms with E-state index in [2.05, 4.69) is 0 Å². The Bertz CT molecular complexity index is 452. The van der Waals surface area contributed by atoms with Gasteiger partial charge in [-0.25, -0.2) is 0 Å². The predicted molar refractivity (Wildman–Crippen MR) is 71.4 cm³/mol. The molecule has 0 aliphatic rings. The predicted octanol–water partition coefficient (Wildman–Crippen LogP) is 3.38. The number of hydrogen-bond donors (Lipinski definition) is 0. The highest BCUT2D eigenvalue weighted by molar-refractivity contribution is 5.82. The molecule has 0 spiro atoms. The van der Waals surface area contributed by atoms with Crippen LogP contribution in [-0.4, -0.2) is 12.6 Å². The molecule has 0 atom stereocenters. The number of rotatable bonds is 4. The fourth-order valence-electron chi connectivity index (χ4n) is 1.98. The van der Waals surface area contributed by atoms with Gasteiger partial charge >= 0.3 is 5.97 Å². The van der Waals surface area contributed by atoms with Gasteiger partial charge in [0.15, 0.2) is 0 Å². The van der Waals surface area contributed by atoms with Crippen LogP contribution >= 0.6 is 0 Å². The normalized spacial score (nSPS) is 10.3. The molecule has 0 aliphatic carbocycles. The minimum Gasteiger partial charge on any atom is -0.465 e. The molecule has 0 aromatic heterocycles. The summed E-state index contributed by atoms with van der Waals surface area (Å²) < 4.78 is 5.17. The van der Waals surface area contributed by atoms with Crippen molar-refractivity contribution in [3.05, 3.63) is 71.8 Å². The molecule has 0 unspecified atom stereocenters. The van der Waals surface area contributed by atoms with Gasteiger partial charge in [-0.05, 0) is 18.1 Å². The van der Waals surface area contributed by atoms with Crippen molar-refractivity contribution in [1.29, 1.82) is 0 Å². The monoisotopic (exact) mass is 240 g/mol. The third-order valence-electron chi connectivity index (χ3n) is 2.79. The molecule has 0 heterocycles. The Labute approximate surface area is 107 Å². The molecule has 0 aliphatic heterocycles. The lowest BCUT2D eigenvalue weighted by Crippen LogP contribution is -2.17. The summed E-state index contributed by atoms with van der Waals surface area (Å²) in [6.45, 7) is 2.22. The van der Waals surface area contributed by atoms with Crippen molar-refractivity contribution in [1.82, 2.24) is 0 Å². The molecule has 2 rings (SSSR count). The Morgan fingerprint density at radius 2 is 1.39 bits per heavy atom. The van der Waals surface area contributed by atoms with E-state index in [1.165, 1.54) is 0 Å². The largest absolute Gasteiger partial charge is 0.465 e. The fourth-order valence-corrected chi connectivity index (χ4v) is 1.98. The Morgan fingerprint density at radius 1 is 0.944 bits per heavy atom. The summed E-state index contributed by atoms with van der Waals surface area (Å²) in [5.74, 6) is -0.540. The molecule has 2 aromatic carbocycles. The van der Waals surface area contributed by atoms with E-state index in [4.69, 9.17) is 4.74 Å². The molecule has 0 bridgehead atoms. The summed E-state index contributed by atoms with van der Waals surface area (Å²) in [6.07, 6.45) is 0. The molecular weight excluding hydrogens is 224 g/mol. The smallest absolute Gasteiger partial charge is 0.317 e. The third kappa shape index (κ3) is 2.77. The summed E-state index contributed by atoms with van der Waals surface area (Å²) >= 11 is 0. The highest BCUT2D eigenvalue weighted by Gasteiger charge is 2.23. The van der Waals surface area contributed by atoms with Gasteiger partial charge in [0, 0.05) is 0 Å². The SMILES string of the molecule is CCOC(=O)C(c1ccccc1)c1ccccc1. The number of carbonyl (C=O) groups is 1. The minimum absolute atomic E-state index is 0.199. The van der Waals surface area contributed by atoms with Crippen LogP contribution in [0.2, 0.25) is 0 Å². The maximum Gasteiger partial charge on any atom is 0.317 e. The third-order valence-corrected chi connectivity index (χ3v) is 2.79. The van der Waals surface area contributed by atoms with Crippen LogP contribution in [0.1, 0.15) is 24.0 Å². The van der Waals surface area contributed by atoms with E-state index in [9.17, 15) is 4.79 Å². The van der Waals surface area contributed by atoms with Gasteiger partial charge < -0.3 is 4.74 Å². The molecule has 18 heavy (non-hydrogen) atoms. The second kappa shape index (κ2) is 6.01. The zero-order valence-corrected chi connectivity index (χ0v) is 10.4. The topological polar surface area (TPSA) is 26.3 Å². The van der Waals surface area contributed by atoms with Crippen molar-refractivity contribution in [2.24, 2.45) is 0 Å². The Hall–Kier alpha value is -2.09. The standard InChI is InChI=1S/C16H16O2/c1-2-18-16(17)15(13-9-5-3-6-10-13)14-11-7-4-8-12-14/h3-12,15H,2H2,1H3. The average Bonchev–Trinajstić information content (AvgIpc) is 2.42. The van der Waals surface area contributed by atoms with E-state index in [1.54, 1.807) is 0 Å². The van der Waals surface area contributed by atoms with Crippen LogP contribution in [-0.2, 0) is 9.53 Å². The maximum atomic E-state index is 12.1. The first kappa shape index (κ1) is 12.4. The van der Waals surface area contributed by atoms with E-state index in [0.29, 0.717) is 6.61 Å². The number of ether oxygens (including phenoxy) is 1. The molecule has 0 saturated heterocycles. The summed E-state index contributed by atoms with van der Waals surface area (Å²) in [5.41, 5.74) is 1.92. The number of benzene rings is 2. The highest BCUT2D eigenvalue weighted by atomic mass is 16.5. The van der Waals surface area contributed by atoms with Gasteiger partial charge in [0.25, 0.3) is 0 Å². The summed E-state index contributed by atoms with van der Waals surface area (Å²) in [7, 11) is 0. The molecule has 2 aromatic rings. The fraction of sp³-hybridized carbons (Fsp3) is 0.188. The Morgan fingerprint density at radius 3 is 1.78 bits per heavy atom. The van der Waals surface area contributed by atoms with Crippen molar-refractivity contribution in [3.63, 3.8) is 0 Å². The van der Waals surface area contributed by atoms with Crippen molar-refractivity contribution in [3.8, 4) is 0 Å². The van der Waals surface area contributed by atoms with Crippen molar-refractivity contribution in [2.75, 3.05) is 6.61 Å². The highest BCUT2D eigenvalue weighted by Crippen LogP contribution is 2.25. The second-order valence-corrected chi connectivity index (χ2v) is 4.01. The van der Waals surface area contributed by atoms with Crippen LogP contribution in [0.15, 0.2) is 60.7 Å². The van der Waals surface area contributed by atoms with Crippen LogP contribution in [0, 0.1) is 0 Å². The average molecular weight is 240 g/mol. The van der Waals surface area contributed by atoms with Crippen LogP contribution in [0.25, 0.3) is 0 Å². The molecule has 0 amide bonds. The molecule has 2 nitrogen and oxygen atoms in total. The molecule has 0 N–H and O–H groups in total. The number of hydrogen-bond acceptors (Lipinski definition) is 2. The van der Waals surface area contributed by atoms with Gasteiger partial charge in [0.1, 0.15) is 5.92 Å². The van der Waals surface area contributed by atoms with Gasteiger partial charge in [-0.1, -0.05) is 60.7 Å². The van der Waals surface area contributed by atoms with E-state index in [1.807, 2.05) is 67.6 Å². The summed E-state index contributed by atoms with van der Waals surface area (Å²) in [6, 6.07) is 19.4. The van der Waals surface area contributed by atoms with Crippen molar-refractivity contribution in [2.45, 2.75) is 12.8 Å². The quantitative estimate of drug-likeness (QED) is 0.766. The molecular formula is C16H16O2. The summed E-state index contributed by atoms with van der Waals surface area (Å²) in [5, 5.41) is 0. The lowest BCUT2D eigenvalue weighted by molar-refractivity contribution is -0.143. The van der Waals surface area contributed by atoms with Gasteiger partial charge in [-0.3, -0.25) is 4.79 Å². The number of esters is 1. The van der Waals surface area contributed by atoms with Gasteiger partial charge in [0.2, 0.25) is 0 Å². The Balaban J connectivity index is 2.38. The molecule has 0 radical (unpaired) electrons. The van der Waals surface area contributed by atoms with Crippen LogP contribution in [0.4, 0.5) is 0 Å². The first-order valence-electron chi connectivity index (χ1n) is 6.09. The first-order chi connectivity index (χ1) is 8.83. The van der Waals surface area contributed by atoms with Crippen molar-refractivity contribution < 1.29 is 9.53 Å². The molecule has 0 fully saturated rings. The van der Waals surface area contributed by atoms with E-state index < -0.39 is 0 Å². The minimum atomic E-state index is -0.340. The van der Waals surface area contributed by atoms with Crippen LogP contribution in [0.3, 0.4) is 0 Å². The zero-order valence-electron chi connectivity index (χ0n) is 10.4. The molecule has 2 heteroatoms. The van der Waals surface area contributed by atoms with Crippen molar-refractivity contribution >= 4 is 5.97 Å².